The van der Waals surface area contributed by atoms with Crippen molar-refractivity contribution in [2.24, 2.45) is 0 Å². The van der Waals surface area contributed by atoms with E-state index >= 15 is 0 Å². The number of rotatable bonds is 7. The van der Waals surface area contributed by atoms with Crippen LogP contribution in [0.1, 0.15) is 24.0 Å². The van der Waals surface area contributed by atoms with Gasteiger partial charge in [-0.25, -0.2) is 0 Å². The van der Waals surface area contributed by atoms with Gasteiger partial charge in [0.15, 0.2) is 0 Å². The predicted molar refractivity (Wildman–Crippen MR) is 103 cm³/mol. The molecule has 25 heavy (non-hydrogen) atoms. The van der Waals surface area contributed by atoms with E-state index in [-0.39, 0.29) is 17.9 Å². The van der Waals surface area contributed by atoms with Gasteiger partial charge in [0, 0.05) is 11.0 Å². The molecule has 0 spiro atoms. The van der Waals surface area contributed by atoms with Crippen molar-refractivity contribution in [1.82, 2.24) is 5.32 Å². The summed E-state index contributed by atoms with van der Waals surface area (Å²) in [5, 5.41) is 3.09. The summed E-state index contributed by atoms with van der Waals surface area (Å²) in [5.41, 5.74) is 1.93. The van der Waals surface area contributed by atoms with Gasteiger partial charge in [-0.2, -0.15) is 0 Å². The zero-order valence-corrected chi connectivity index (χ0v) is 15.5. The first-order valence-corrected chi connectivity index (χ1v) is 9.13. The highest BCUT2D eigenvalue weighted by atomic mass is 79.9. The number of terminal acetylenes is 1. The number of carbonyl (C=O) groups excluding carboxylic acids is 1. The van der Waals surface area contributed by atoms with Crippen molar-refractivity contribution in [2.45, 2.75) is 24.7 Å². The third kappa shape index (κ3) is 4.24. The summed E-state index contributed by atoms with van der Waals surface area (Å²) in [7, 11) is 0. The van der Waals surface area contributed by atoms with E-state index in [4.69, 9.17) is 11.2 Å². The van der Waals surface area contributed by atoms with Crippen molar-refractivity contribution >= 4 is 21.8 Å². The molecule has 1 aliphatic carbocycles. The van der Waals surface area contributed by atoms with Gasteiger partial charge in [0.25, 0.3) is 0 Å². The summed E-state index contributed by atoms with van der Waals surface area (Å²) < 4.78 is 6.38. The molecule has 128 valence electrons. The van der Waals surface area contributed by atoms with Crippen LogP contribution >= 0.6 is 15.9 Å². The minimum absolute atomic E-state index is 0.129. The molecule has 4 heteroatoms. The maximum Gasteiger partial charge on any atom is 0.230 e. The van der Waals surface area contributed by atoms with Crippen LogP contribution in [0.3, 0.4) is 0 Å². The number of hydrogen-bond acceptors (Lipinski definition) is 2. The third-order valence-corrected chi connectivity index (χ3v) is 5.05. The van der Waals surface area contributed by atoms with E-state index in [9.17, 15) is 4.79 Å². The molecular weight excluding hydrogens is 378 g/mol. The molecule has 1 N–H and O–H groups in total. The number of benzene rings is 2. The van der Waals surface area contributed by atoms with Gasteiger partial charge in [0.2, 0.25) is 5.91 Å². The second-order valence-corrected chi connectivity index (χ2v) is 7.15. The molecule has 2 aromatic rings. The quantitative estimate of drug-likeness (QED) is 0.720. The molecule has 0 radical (unpaired) electrons. The summed E-state index contributed by atoms with van der Waals surface area (Å²) in [6.45, 7) is 0.898. The van der Waals surface area contributed by atoms with Crippen molar-refractivity contribution in [2.75, 3.05) is 13.2 Å². The second kappa shape index (κ2) is 7.76. The van der Waals surface area contributed by atoms with Crippen LogP contribution in [0.15, 0.2) is 53.0 Å². The zero-order chi connectivity index (χ0) is 17.7. The summed E-state index contributed by atoms with van der Waals surface area (Å²) >= 11 is 3.44. The van der Waals surface area contributed by atoms with Crippen molar-refractivity contribution < 1.29 is 9.53 Å². The first kappa shape index (κ1) is 17.6. The molecule has 3 rings (SSSR count). The normalized spacial score (nSPS) is 14.4. The van der Waals surface area contributed by atoms with E-state index in [0.717, 1.165) is 40.6 Å². The van der Waals surface area contributed by atoms with Crippen LogP contribution in [0.25, 0.3) is 0 Å². The van der Waals surface area contributed by atoms with Gasteiger partial charge in [0.1, 0.15) is 12.4 Å². The Labute approximate surface area is 156 Å². The van der Waals surface area contributed by atoms with Crippen molar-refractivity contribution in [1.29, 1.82) is 0 Å². The molecule has 2 aromatic carbocycles. The molecule has 1 aliphatic rings. The molecule has 0 atom stereocenters. The number of halogens is 1. The van der Waals surface area contributed by atoms with E-state index in [1.807, 2.05) is 48.5 Å². The van der Waals surface area contributed by atoms with Gasteiger partial charge < -0.3 is 10.1 Å². The van der Waals surface area contributed by atoms with Gasteiger partial charge in [-0.1, -0.05) is 46.1 Å². The fourth-order valence-electron chi connectivity index (χ4n) is 2.91. The topological polar surface area (TPSA) is 38.3 Å². The molecular formula is C21H20BrNO2. The lowest BCUT2D eigenvalue weighted by Gasteiger charge is -2.16. The third-order valence-electron chi connectivity index (χ3n) is 4.53. The van der Waals surface area contributed by atoms with E-state index in [2.05, 4.69) is 27.2 Å². The molecule has 0 unspecified atom stereocenters. The Bertz CT molecular complexity index is 771. The molecule has 1 fully saturated rings. The van der Waals surface area contributed by atoms with Crippen LogP contribution < -0.4 is 10.1 Å². The average molecular weight is 398 g/mol. The van der Waals surface area contributed by atoms with Crippen LogP contribution in [0, 0.1) is 12.3 Å². The van der Waals surface area contributed by atoms with E-state index in [1.54, 1.807) is 0 Å². The average Bonchev–Trinajstić information content (AvgIpc) is 3.43. The first-order valence-electron chi connectivity index (χ1n) is 8.34. The Kier molecular flexibility index (Phi) is 5.45. The monoisotopic (exact) mass is 397 g/mol. The standard InChI is InChI=1S/C21H20BrNO2/c1-2-15-25-19-9-3-16(4-10-19)11-14-23-20(24)21(12-13-21)17-5-7-18(22)8-6-17/h1,3-10H,11-15H2,(H,23,24). The van der Waals surface area contributed by atoms with Gasteiger partial charge >= 0.3 is 0 Å². The largest absolute Gasteiger partial charge is 0.481 e. The van der Waals surface area contributed by atoms with Crippen LogP contribution in [-0.2, 0) is 16.6 Å². The van der Waals surface area contributed by atoms with Crippen molar-refractivity contribution in [3.8, 4) is 18.1 Å². The number of hydrogen-bond donors (Lipinski definition) is 1. The van der Waals surface area contributed by atoms with Crippen LogP contribution in [0.2, 0.25) is 0 Å². The maximum atomic E-state index is 12.6. The highest BCUT2D eigenvalue weighted by Crippen LogP contribution is 2.48. The van der Waals surface area contributed by atoms with Gasteiger partial charge in [0.05, 0.1) is 5.41 Å². The SMILES string of the molecule is C#CCOc1ccc(CCNC(=O)C2(c3ccc(Br)cc3)CC2)cc1. The van der Waals surface area contributed by atoms with Crippen molar-refractivity contribution in [3.63, 3.8) is 0 Å². The lowest BCUT2D eigenvalue weighted by atomic mass is 9.95. The molecule has 1 amide bonds. The van der Waals surface area contributed by atoms with E-state index in [0.29, 0.717) is 6.54 Å². The molecule has 0 aliphatic heterocycles. The Morgan fingerprint density at radius 3 is 2.44 bits per heavy atom. The lowest BCUT2D eigenvalue weighted by Crippen LogP contribution is -2.35. The highest BCUT2D eigenvalue weighted by molar-refractivity contribution is 9.10. The van der Waals surface area contributed by atoms with E-state index in [1.165, 1.54) is 0 Å². The number of amides is 1. The smallest absolute Gasteiger partial charge is 0.230 e. The Balaban J connectivity index is 1.51. The second-order valence-electron chi connectivity index (χ2n) is 6.23. The van der Waals surface area contributed by atoms with Gasteiger partial charge in [-0.05, 0) is 54.7 Å². The van der Waals surface area contributed by atoms with Gasteiger partial charge in [-0.3, -0.25) is 4.79 Å². The maximum absolute atomic E-state index is 12.6. The van der Waals surface area contributed by atoms with Crippen LogP contribution in [-0.4, -0.2) is 19.1 Å². The molecule has 0 saturated heterocycles. The predicted octanol–water partition coefficient (Wildman–Crippen LogP) is 3.85. The Morgan fingerprint density at radius 1 is 1.16 bits per heavy atom. The summed E-state index contributed by atoms with van der Waals surface area (Å²) in [4.78, 5) is 12.6. The van der Waals surface area contributed by atoms with Crippen LogP contribution in [0.4, 0.5) is 0 Å². The van der Waals surface area contributed by atoms with E-state index < -0.39 is 0 Å². The minimum Gasteiger partial charge on any atom is -0.481 e. The molecule has 3 nitrogen and oxygen atoms in total. The Morgan fingerprint density at radius 2 is 1.84 bits per heavy atom. The minimum atomic E-state index is -0.326. The summed E-state index contributed by atoms with van der Waals surface area (Å²) in [6.07, 6.45) is 7.80. The highest BCUT2D eigenvalue weighted by Gasteiger charge is 2.50. The first-order chi connectivity index (χ1) is 12.1. The van der Waals surface area contributed by atoms with Crippen LogP contribution in [0.5, 0.6) is 5.75 Å². The zero-order valence-electron chi connectivity index (χ0n) is 13.9. The summed E-state index contributed by atoms with van der Waals surface area (Å²) in [6, 6.07) is 15.9. The fraction of sp³-hybridized carbons (Fsp3) is 0.286. The van der Waals surface area contributed by atoms with Crippen molar-refractivity contribution in [3.05, 3.63) is 64.1 Å². The summed E-state index contributed by atoms with van der Waals surface area (Å²) in [5.74, 6) is 3.33. The lowest BCUT2D eigenvalue weighted by molar-refractivity contribution is -0.123. The molecule has 0 aromatic heterocycles. The Hall–Kier alpha value is -2.25. The molecule has 1 saturated carbocycles. The molecule has 0 heterocycles. The number of nitrogens with one attached hydrogen (secondary N) is 1. The molecule has 0 bridgehead atoms. The number of carbonyl (C=O) groups is 1. The number of ether oxygens (including phenoxy) is 1. The fourth-order valence-corrected chi connectivity index (χ4v) is 3.17. The van der Waals surface area contributed by atoms with Gasteiger partial charge in [-0.15, -0.1) is 6.42 Å².